The van der Waals surface area contributed by atoms with Crippen LogP contribution in [0.15, 0.2) is 34.5 Å². The molecule has 0 amide bonds. The second-order valence-corrected chi connectivity index (χ2v) is 5.14. The Morgan fingerprint density at radius 2 is 2.00 bits per heavy atom. The second kappa shape index (κ2) is 7.94. The predicted molar refractivity (Wildman–Crippen MR) is 78.7 cm³/mol. The molecule has 0 spiro atoms. The Kier molecular flexibility index (Phi) is 5.88. The maximum atomic E-state index is 12.7. The van der Waals surface area contributed by atoms with Gasteiger partial charge in [-0.1, -0.05) is 0 Å². The Bertz CT molecular complexity index is 445. The lowest BCUT2D eigenvalue weighted by Crippen LogP contribution is -2.05. The lowest BCUT2D eigenvalue weighted by molar-refractivity contribution is 0.305. The van der Waals surface area contributed by atoms with E-state index in [1.54, 1.807) is 29.4 Å². The molecule has 0 aromatic heterocycles. The summed E-state index contributed by atoms with van der Waals surface area (Å²) in [4.78, 5) is 0. The quantitative estimate of drug-likeness (QED) is 0.710. The minimum Gasteiger partial charge on any atom is -0.494 e. The van der Waals surface area contributed by atoms with Gasteiger partial charge in [-0.05, 0) is 49.9 Å². The summed E-state index contributed by atoms with van der Waals surface area (Å²) in [5.74, 6) is 1.46. The van der Waals surface area contributed by atoms with Crippen LogP contribution in [-0.4, -0.2) is 23.6 Å². The van der Waals surface area contributed by atoms with Gasteiger partial charge in [0.2, 0.25) is 0 Å². The molecule has 3 nitrogen and oxygen atoms in total. The number of hydrogen-bond donors (Lipinski definition) is 0. The highest BCUT2D eigenvalue weighted by Gasteiger charge is 2.02. The lowest BCUT2D eigenvalue weighted by Gasteiger charge is -2.07. The SMILES string of the molecule is Fc1ccc(OCCCCCC2=NN=CSC2)cc1. The fraction of sp³-hybridized carbons (Fsp3) is 0.429. The second-order valence-electron chi connectivity index (χ2n) is 4.31. The van der Waals surface area contributed by atoms with Crippen LogP contribution in [0.3, 0.4) is 0 Å². The van der Waals surface area contributed by atoms with Gasteiger partial charge in [0.25, 0.3) is 0 Å². The van der Waals surface area contributed by atoms with E-state index in [2.05, 4.69) is 10.2 Å². The first-order valence-electron chi connectivity index (χ1n) is 6.42. The van der Waals surface area contributed by atoms with Crippen molar-refractivity contribution in [1.29, 1.82) is 0 Å². The average molecular weight is 280 g/mol. The molecule has 0 radical (unpaired) electrons. The molecule has 0 fully saturated rings. The van der Waals surface area contributed by atoms with Crippen molar-refractivity contribution in [3.05, 3.63) is 30.1 Å². The summed E-state index contributed by atoms with van der Waals surface area (Å²) in [7, 11) is 0. The molecule has 1 aromatic carbocycles. The molecular formula is C14H17FN2OS. The van der Waals surface area contributed by atoms with Gasteiger partial charge in [-0.15, -0.1) is 11.8 Å². The summed E-state index contributed by atoms with van der Waals surface area (Å²) in [6.07, 6.45) is 4.23. The third kappa shape index (κ3) is 5.42. The van der Waals surface area contributed by atoms with E-state index in [9.17, 15) is 4.39 Å². The first-order chi connectivity index (χ1) is 9.34. The maximum Gasteiger partial charge on any atom is 0.123 e. The van der Waals surface area contributed by atoms with E-state index < -0.39 is 0 Å². The van der Waals surface area contributed by atoms with E-state index in [4.69, 9.17) is 4.74 Å². The molecule has 1 aliphatic rings. The molecule has 0 bridgehead atoms. The Balaban J connectivity index is 1.53. The Hall–Kier alpha value is -1.36. The van der Waals surface area contributed by atoms with Crippen LogP contribution in [0.4, 0.5) is 4.39 Å². The Morgan fingerprint density at radius 1 is 1.16 bits per heavy atom. The van der Waals surface area contributed by atoms with Crippen LogP contribution in [-0.2, 0) is 0 Å². The highest BCUT2D eigenvalue weighted by atomic mass is 32.2. The monoisotopic (exact) mass is 280 g/mol. The van der Waals surface area contributed by atoms with Crippen molar-refractivity contribution < 1.29 is 9.13 Å². The van der Waals surface area contributed by atoms with Gasteiger partial charge in [0.1, 0.15) is 11.6 Å². The van der Waals surface area contributed by atoms with Gasteiger partial charge in [-0.2, -0.15) is 10.2 Å². The molecule has 1 aliphatic heterocycles. The molecule has 1 heterocycles. The van der Waals surface area contributed by atoms with Crippen LogP contribution in [0.25, 0.3) is 0 Å². The van der Waals surface area contributed by atoms with Crippen molar-refractivity contribution in [3.63, 3.8) is 0 Å². The summed E-state index contributed by atoms with van der Waals surface area (Å²) >= 11 is 1.69. The van der Waals surface area contributed by atoms with Crippen LogP contribution in [0.2, 0.25) is 0 Å². The third-order valence-electron chi connectivity index (χ3n) is 2.76. The molecule has 2 rings (SSSR count). The molecular weight excluding hydrogens is 263 g/mol. The van der Waals surface area contributed by atoms with Crippen molar-refractivity contribution in [2.75, 3.05) is 12.4 Å². The number of halogens is 1. The van der Waals surface area contributed by atoms with Crippen LogP contribution in [0.1, 0.15) is 25.7 Å². The molecule has 0 unspecified atom stereocenters. The van der Waals surface area contributed by atoms with Crippen LogP contribution in [0.5, 0.6) is 5.75 Å². The van der Waals surface area contributed by atoms with Gasteiger partial charge in [-0.3, -0.25) is 0 Å². The first-order valence-corrected chi connectivity index (χ1v) is 7.47. The third-order valence-corrected chi connectivity index (χ3v) is 3.51. The van der Waals surface area contributed by atoms with E-state index in [-0.39, 0.29) is 5.82 Å². The normalized spacial score (nSPS) is 14.3. The standard InChI is InChI=1S/C14H17FN2OS/c15-12-5-7-14(8-6-12)18-9-3-1-2-4-13-10-19-11-16-17-13/h5-8,11H,1-4,9-10H2. The van der Waals surface area contributed by atoms with Gasteiger partial charge in [0, 0.05) is 5.75 Å². The van der Waals surface area contributed by atoms with Crippen LogP contribution < -0.4 is 4.74 Å². The summed E-state index contributed by atoms with van der Waals surface area (Å²) in [5, 5.41) is 7.99. The largest absolute Gasteiger partial charge is 0.494 e. The first kappa shape index (κ1) is 14.1. The molecule has 0 saturated heterocycles. The number of benzene rings is 1. The van der Waals surface area contributed by atoms with Gasteiger partial charge in [-0.25, -0.2) is 4.39 Å². The molecule has 19 heavy (non-hydrogen) atoms. The predicted octanol–water partition coefficient (Wildman–Crippen LogP) is 3.90. The highest BCUT2D eigenvalue weighted by molar-refractivity contribution is 8.12. The van der Waals surface area contributed by atoms with Crippen molar-refractivity contribution in [2.45, 2.75) is 25.7 Å². The van der Waals surface area contributed by atoms with Crippen LogP contribution in [0, 0.1) is 5.82 Å². The fourth-order valence-corrected chi connectivity index (χ4v) is 2.33. The van der Waals surface area contributed by atoms with Crippen molar-refractivity contribution in [2.24, 2.45) is 10.2 Å². The molecule has 0 saturated carbocycles. The number of hydrogen-bond acceptors (Lipinski definition) is 4. The zero-order chi connectivity index (χ0) is 13.3. The molecule has 0 aliphatic carbocycles. The average Bonchev–Trinajstić information content (AvgIpc) is 2.46. The summed E-state index contributed by atoms with van der Waals surface area (Å²) in [6.45, 7) is 0.672. The van der Waals surface area contributed by atoms with E-state index in [1.807, 2.05) is 0 Å². The zero-order valence-electron chi connectivity index (χ0n) is 10.7. The van der Waals surface area contributed by atoms with E-state index >= 15 is 0 Å². The maximum absolute atomic E-state index is 12.7. The molecule has 0 N–H and O–H groups in total. The zero-order valence-corrected chi connectivity index (χ0v) is 11.5. The minimum absolute atomic E-state index is 0.235. The van der Waals surface area contributed by atoms with Gasteiger partial charge >= 0.3 is 0 Å². The van der Waals surface area contributed by atoms with Crippen molar-refractivity contribution in [1.82, 2.24) is 0 Å². The van der Waals surface area contributed by atoms with E-state index in [1.165, 1.54) is 17.8 Å². The van der Waals surface area contributed by atoms with Crippen molar-refractivity contribution in [3.8, 4) is 5.75 Å². The molecule has 5 heteroatoms. The Labute approximate surface area is 117 Å². The van der Waals surface area contributed by atoms with Gasteiger partial charge in [0.05, 0.1) is 17.9 Å². The number of rotatable bonds is 7. The lowest BCUT2D eigenvalue weighted by atomic mass is 10.1. The smallest absolute Gasteiger partial charge is 0.123 e. The van der Waals surface area contributed by atoms with Gasteiger partial charge < -0.3 is 4.74 Å². The van der Waals surface area contributed by atoms with Crippen molar-refractivity contribution >= 4 is 23.0 Å². The molecule has 1 aromatic rings. The topological polar surface area (TPSA) is 34.0 Å². The summed E-state index contributed by atoms with van der Waals surface area (Å²) < 4.78 is 18.2. The summed E-state index contributed by atoms with van der Waals surface area (Å²) in [5.41, 5.74) is 2.95. The summed E-state index contributed by atoms with van der Waals surface area (Å²) in [6, 6.07) is 6.13. The fourth-order valence-electron chi connectivity index (χ4n) is 1.75. The molecule has 0 atom stereocenters. The van der Waals surface area contributed by atoms with Crippen LogP contribution >= 0.6 is 11.8 Å². The minimum atomic E-state index is -0.235. The Morgan fingerprint density at radius 3 is 2.74 bits per heavy atom. The number of unbranched alkanes of at least 4 members (excludes halogenated alkanes) is 2. The van der Waals surface area contributed by atoms with E-state index in [0.717, 1.165) is 37.2 Å². The number of nitrogens with zero attached hydrogens (tertiary/aromatic N) is 2. The number of ether oxygens (including phenoxy) is 1. The number of thioether (sulfide) groups is 1. The molecule has 102 valence electrons. The van der Waals surface area contributed by atoms with Gasteiger partial charge in [0.15, 0.2) is 0 Å². The highest BCUT2D eigenvalue weighted by Crippen LogP contribution is 2.13. The van der Waals surface area contributed by atoms with E-state index in [0.29, 0.717) is 6.61 Å².